The lowest BCUT2D eigenvalue weighted by atomic mass is 10.2. The molecule has 3 aromatic rings. The first-order chi connectivity index (χ1) is 13.8. The molecule has 0 fully saturated rings. The number of aromatic nitrogens is 4. The molecule has 29 heavy (non-hydrogen) atoms. The molecular weight excluding hydrogens is 382 g/mol. The number of aliphatic hydroxyl groups is 1. The Balaban J connectivity index is 1.91. The van der Waals surface area contributed by atoms with Crippen LogP contribution in [0.4, 0.5) is 5.95 Å². The summed E-state index contributed by atoms with van der Waals surface area (Å²) in [5.74, 6) is -0.467. The third kappa shape index (κ3) is 4.29. The number of carbonyl (C=O) groups is 1. The Morgan fingerprint density at radius 2 is 2.07 bits per heavy atom. The van der Waals surface area contributed by atoms with Gasteiger partial charge >= 0.3 is 11.7 Å². The number of imidazole rings is 1. The minimum absolute atomic E-state index is 0.0370. The summed E-state index contributed by atoms with van der Waals surface area (Å²) in [5, 5.41) is 22.0. The quantitative estimate of drug-likeness (QED) is 0.399. The molecule has 0 aliphatic rings. The van der Waals surface area contributed by atoms with Crippen molar-refractivity contribution in [3.05, 3.63) is 50.7 Å². The second-order valence-electron chi connectivity index (χ2n) is 6.51. The molecule has 0 saturated heterocycles. The molecule has 0 saturated carbocycles. The van der Waals surface area contributed by atoms with E-state index in [1.807, 2.05) is 25.1 Å². The van der Waals surface area contributed by atoms with Crippen molar-refractivity contribution in [3.63, 3.8) is 0 Å². The van der Waals surface area contributed by atoms with E-state index in [0.717, 1.165) is 10.1 Å². The SMILES string of the molecule is Cc1ccccc1OCC(O)Cn1c(NCC(=O)O)nc2c1c(=O)[nH]c(=O)n2C. The molecule has 154 valence electrons. The molecule has 0 spiro atoms. The number of ether oxygens (including phenoxy) is 1. The molecule has 4 N–H and O–H groups in total. The topological polar surface area (TPSA) is 151 Å². The van der Waals surface area contributed by atoms with Gasteiger partial charge in [-0.05, 0) is 18.6 Å². The predicted molar refractivity (Wildman–Crippen MR) is 104 cm³/mol. The lowest BCUT2D eigenvalue weighted by molar-refractivity contribution is -0.134. The van der Waals surface area contributed by atoms with Gasteiger partial charge in [-0.25, -0.2) is 4.79 Å². The average molecular weight is 403 g/mol. The van der Waals surface area contributed by atoms with Crippen LogP contribution in [0.3, 0.4) is 0 Å². The number of benzene rings is 1. The van der Waals surface area contributed by atoms with Gasteiger partial charge in [-0.3, -0.25) is 19.1 Å². The summed E-state index contributed by atoms with van der Waals surface area (Å²) in [6.45, 7) is 1.25. The van der Waals surface area contributed by atoms with Crippen molar-refractivity contribution in [1.29, 1.82) is 0 Å². The van der Waals surface area contributed by atoms with Crippen molar-refractivity contribution in [2.45, 2.75) is 19.6 Å². The Bertz CT molecular complexity index is 1160. The highest BCUT2D eigenvalue weighted by Gasteiger charge is 2.20. The predicted octanol–water partition coefficient (Wildman–Crippen LogP) is -0.332. The van der Waals surface area contributed by atoms with E-state index in [4.69, 9.17) is 9.84 Å². The minimum Gasteiger partial charge on any atom is -0.491 e. The highest BCUT2D eigenvalue weighted by Crippen LogP contribution is 2.18. The Kier molecular flexibility index (Phi) is 5.69. The summed E-state index contributed by atoms with van der Waals surface area (Å²) in [6.07, 6.45) is -1.03. The Labute approximate surface area is 164 Å². The fourth-order valence-electron chi connectivity index (χ4n) is 2.87. The largest absolute Gasteiger partial charge is 0.491 e. The lowest BCUT2D eigenvalue weighted by Gasteiger charge is -2.16. The molecule has 1 unspecified atom stereocenters. The second kappa shape index (κ2) is 8.19. The lowest BCUT2D eigenvalue weighted by Crippen LogP contribution is -2.31. The smallest absolute Gasteiger partial charge is 0.329 e. The molecule has 0 bridgehead atoms. The average Bonchev–Trinajstić information content (AvgIpc) is 3.03. The van der Waals surface area contributed by atoms with E-state index >= 15 is 0 Å². The molecule has 1 aromatic carbocycles. The van der Waals surface area contributed by atoms with Crippen molar-refractivity contribution in [2.75, 3.05) is 18.5 Å². The van der Waals surface area contributed by atoms with Crippen molar-refractivity contribution in [1.82, 2.24) is 19.1 Å². The first kappa shape index (κ1) is 20.1. The highest BCUT2D eigenvalue weighted by atomic mass is 16.5. The summed E-state index contributed by atoms with van der Waals surface area (Å²) in [5.41, 5.74) is -0.331. The maximum atomic E-state index is 12.3. The monoisotopic (exact) mass is 403 g/mol. The number of hydrogen-bond acceptors (Lipinski definition) is 7. The summed E-state index contributed by atoms with van der Waals surface area (Å²) >= 11 is 0. The van der Waals surface area contributed by atoms with E-state index in [1.54, 1.807) is 6.07 Å². The molecule has 2 aromatic heterocycles. The number of H-pyrrole nitrogens is 1. The number of aryl methyl sites for hydroxylation is 2. The molecule has 0 aliphatic heterocycles. The van der Waals surface area contributed by atoms with Gasteiger partial charge in [-0.15, -0.1) is 0 Å². The van der Waals surface area contributed by atoms with Crippen LogP contribution in [0, 0.1) is 6.92 Å². The van der Waals surface area contributed by atoms with Crippen LogP contribution in [-0.4, -0.2) is 54.5 Å². The van der Waals surface area contributed by atoms with E-state index in [2.05, 4.69) is 15.3 Å². The molecule has 0 radical (unpaired) electrons. The Hall–Kier alpha value is -3.60. The molecule has 3 rings (SSSR count). The van der Waals surface area contributed by atoms with E-state index in [1.165, 1.54) is 11.6 Å². The van der Waals surface area contributed by atoms with Crippen LogP contribution in [0.1, 0.15) is 5.56 Å². The number of aliphatic carboxylic acids is 1. The van der Waals surface area contributed by atoms with E-state index < -0.39 is 29.9 Å². The van der Waals surface area contributed by atoms with E-state index in [0.29, 0.717) is 5.75 Å². The van der Waals surface area contributed by atoms with E-state index in [9.17, 15) is 19.5 Å². The van der Waals surface area contributed by atoms with Crippen LogP contribution in [0.5, 0.6) is 5.75 Å². The number of aliphatic hydroxyl groups excluding tert-OH is 1. The standard InChI is InChI=1S/C18H21N5O6/c1-10-5-3-4-6-12(10)29-9-11(24)8-23-14-15(20-17(23)19-7-13(25)26)22(2)18(28)21-16(14)27/h3-6,11,24H,7-9H2,1-2H3,(H,19,20)(H,25,26)(H,21,27,28). The van der Waals surface area contributed by atoms with E-state index in [-0.39, 0.29) is 30.3 Å². The number of nitrogens with one attached hydrogen (secondary N) is 2. The fraction of sp³-hybridized carbons (Fsp3) is 0.333. The number of nitrogens with zero attached hydrogens (tertiary/aromatic N) is 3. The Morgan fingerprint density at radius 3 is 2.76 bits per heavy atom. The number of carboxylic acids is 1. The first-order valence-corrected chi connectivity index (χ1v) is 8.79. The minimum atomic E-state index is -1.13. The van der Waals surface area contributed by atoms with Gasteiger partial charge in [0, 0.05) is 7.05 Å². The molecule has 1 atom stereocenters. The van der Waals surface area contributed by atoms with Crippen LogP contribution in [0.25, 0.3) is 11.2 Å². The number of carboxylic acid groups (broad SMARTS) is 1. The van der Waals surface area contributed by atoms with Gasteiger partial charge in [0.05, 0.1) is 6.54 Å². The number of rotatable bonds is 8. The maximum absolute atomic E-state index is 12.3. The van der Waals surface area contributed by atoms with Crippen molar-refractivity contribution in [2.24, 2.45) is 7.05 Å². The summed E-state index contributed by atoms with van der Waals surface area (Å²) < 4.78 is 8.10. The number of hydrogen-bond donors (Lipinski definition) is 4. The van der Waals surface area contributed by atoms with Gasteiger partial charge in [0.2, 0.25) is 5.95 Å². The van der Waals surface area contributed by atoms with Crippen LogP contribution < -0.4 is 21.3 Å². The maximum Gasteiger partial charge on any atom is 0.329 e. The molecule has 0 amide bonds. The summed E-state index contributed by atoms with van der Waals surface area (Å²) in [6, 6.07) is 7.33. The third-order valence-corrected chi connectivity index (χ3v) is 4.32. The third-order valence-electron chi connectivity index (χ3n) is 4.32. The van der Waals surface area contributed by atoms with Gasteiger partial charge in [-0.2, -0.15) is 4.98 Å². The zero-order valence-corrected chi connectivity index (χ0v) is 15.9. The highest BCUT2D eigenvalue weighted by molar-refractivity contribution is 5.76. The van der Waals surface area contributed by atoms with Crippen molar-refractivity contribution in [3.8, 4) is 5.75 Å². The van der Waals surface area contributed by atoms with Crippen LogP contribution in [0.15, 0.2) is 33.9 Å². The van der Waals surface area contributed by atoms with Gasteiger partial charge in [0.15, 0.2) is 11.2 Å². The zero-order valence-electron chi connectivity index (χ0n) is 15.9. The first-order valence-electron chi connectivity index (χ1n) is 8.79. The van der Waals surface area contributed by atoms with Crippen LogP contribution in [-0.2, 0) is 18.4 Å². The van der Waals surface area contributed by atoms with Gasteiger partial charge in [0.25, 0.3) is 5.56 Å². The molecule has 11 heteroatoms. The van der Waals surface area contributed by atoms with Crippen LogP contribution in [0.2, 0.25) is 0 Å². The van der Waals surface area contributed by atoms with Gasteiger partial charge in [-0.1, -0.05) is 18.2 Å². The Morgan fingerprint density at radius 1 is 1.34 bits per heavy atom. The number of para-hydroxylation sites is 1. The number of anilines is 1. The molecule has 0 aliphatic carbocycles. The fourth-order valence-corrected chi connectivity index (χ4v) is 2.87. The van der Waals surface area contributed by atoms with Crippen LogP contribution >= 0.6 is 0 Å². The molecule has 2 heterocycles. The summed E-state index contributed by atoms with van der Waals surface area (Å²) in [4.78, 5) is 41.4. The normalized spacial score (nSPS) is 12.1. The zero-order chi connectivity index (χ0) is 21.1. The second-order valence-corrected chi connectivity index (χ2v) is 6.51. The van der Waals surface area contributed by atoms with Gasteiger partial charge in [0.1, 0.15) is 25.0 Å². The molecular formula is C18H21N5O6. The summed E-state index contributed by atoms with van der Waals surface area (Å²) in [7, 11) is 1.43. The number of aromatic amines is 1. The van der Waals surface area contributed by atoms with Crippen molar-refractivity contribution >= 4 is 23.1 Å². The number of fused-ring (bicyclic) bond motifs is 1. The van der Waals surface area contributed by atoms with Gasteiger partial charge < -0.3 is 24.8 Å². The molecule has 11 nitrogen and oxygen atoms in total. The van der Waals surface area contributed by atoms with Crippen molar-refractivity contribution < 1.29 is 19.7 Å².